The fourth-order valence-corrected chi connectivity index (χ4v) is 6.41. The van der Waals surface area contributed by atoms with Crippen molar-refractivity contribution in [2.45, 2.75) is 69.1 Å². The van der Waals surface area contributed by atoms with Crippen LogP contribution in [-0.4, -0.2) is 27.1 Å². The molecule has 1 aromatic heterocycles. The Morgan fingerprint density at radius 3 is 2.18 bits per heavy atom. The third kappa shape index (κ3) is 5.27. The van der Waals surface area contributed by atoms with Gasteiger partial charge in [-0.1, -0.05) is 54.6 Å². The molecule has 5 rings (SSSR count). The van der Waals surface area contributed by atoms with E-state index in [9.17, 15) is 9.59 Å². The van der Waals surface area contributed by atoms with E-state index in [2.05, 4.69) is 52.7 Å². The van der Waals surface area contributed by atoms with Crippen molar-refractivity contribution in [3.8, 4) is 0 Å². The summed E-state index contributed by atoms with van der Waals surface area (Å²) in [7, 11) is 0. The topological polar surface area (TPSA) is 80.1 Å². The molecule has 34 heavy (non-hydrogen) atoms. The van der Waals surface area contributed by atoms with Gasteiger partial charge in [0.05, 0.1) is 6.42 Å². The van der Waals surface area contributed by atoms with Crippen LogP contribution in [0.25, 0.3) is 0 Å². The van der Waals surface area contributed by atoms with E-state index in [1.54, 1.807) is 11.3 Å². The van der Waals surface area contributed by atoms with Gasteiger partial charge in [0.15, 0.2) is 5.78 Å². The number of carboxylic acids is 1. The molecule has 2 aliphatic carbocycles. The largest absolute Gasteiger partial charge is 0.481 e. The Kier molecular flexibility index (Phi) is 6.86. The monoisotopic (exact) mass is 474 g/mol. The maximum Gasteiger partial charge on any atom is 0.303 e. The zero-order valence-corrected chi connectivity index (χ0v) is 20.0. The fourth-order valence-electron chi connectivity index (χ4n) is 5.45. The summed E-state index contributed by atoms with van der Waals surface area (Å²) in [6.45, 7) is 0. The van der Waals surface area contributed by atoms with E-state index in [1.165, 1.54) is 11.1 Å². The zero-order valence-electron chi connectivity index (χ0n) is 19.2. The van der Waals surface area contributed by atoms with Gasteiger partial charge in [0.2, 0.25) is 0 Å². The molecule has 0 saturated heterocycles. The third-order valence-corrected chi connectivity index (χ3v) is 8.65. The number of ketones is 1. The molecule has 6 heteroatoms. The number of carbonyl (C=O) groups excluding carboxylic acids is 1. The van der Waals surface area contributed by atoms with Gasteiger partial charge in [-0.15, -0.1) is 21.5 Å². The molecular weight excluding hydrogens is 444 g/mol. The predicted octanol–water partition coefficient (Wildman–Crippen LogP) is 6.37. The van der Waals surface area contributed by atoms with Crippen LogP contribution in [-0.2, 0) is 11.2 Å². The second kappa shape index (κ2) is 10.2. The van der Waals surface area contributed by atoms with Gasteiger partial charge < -0.3 is 5.11 Å². The molecule has 0 radical (unpaired) electrons. The van der Waals surface area contributed by atoms with Crippen LogP contribution in [0.1, 0.15) is 94.2 Å². The number of carboxylic acid groups (broad SMARTS) is 1. The molecular formula is C28H30N2O3S. The first-order valence-corrected chi connectivity index (χ1v) is 13.1. The quantitative estimate of drug-likeness (QED) is 0.384. The van der Waals surface area contributed by atoms with Crippen LogP contribution < -0.4 is 0 Å². The normalized spacial score (nSPS) is 24.4. The van der Waals surface area contributed by atoms with Gasteiger partial charge in [-0.05, 0) is 67.4 Å². The number of hydrogen-bond donors (Lipinski definition) is 1. The van der Waals surface area contributed by atoms with Crippen molar-refractivity contribution in [3.63, 3.8) is 0 Å². The van der Waals surface area contributed by atoms with Crippen LogP contribution in [0.4, 0.5) is 0 Å². The van der Waals surface area contributed by atoms with Crippen molar-refractivity contribution in [1.82, 2.24) is 10.2 Å². The Labute approximate surface area is 204 Å². The van der Waals surface area contributed by atoms with Crippen LogP contribution in [0.2, 0.25) is 0 Å². The lowest BCUT2D eigenvalue weighted by atomic mass is 9.72. The minimum Gasteiger partial charge on any atom is -0.481 e. The first kappa shape index (κ1) is 22.9. The van der Waals surface area contributed by atoms with E-state index >= 15 is 0 Å². The predicted molar refractivity (Wildman–Crippen MR) is 132 cm³/mol. The van der Waals surface area contributed by atoms with Crippen molar-refractivity contribution in [2.24, 2.45) is 5.92 Å². The molecule has 1 N–H and O–H groups in total. The van der Waals surface area contributed by atoms with Gasteiger partial charge in [-0.2, -0.15) is 0 Å². The Hall–Kier alpha value is -2.86. The van der Waals surface area contributed by atoms with Gasteiger partial charge >= 0.3 is 5.97 Å². The molecule has 176 valence electrons. The van der Waals surface area contributed by atoms with Crippen molar-refractivity contribution >= 4 is 23.1 Å². The van der Waals surface area contributed by atoms with Crippen LogP contribution >= 0.6 is 11.3 Å². The number of rotatable bonds is 8. The molecule has 0 atom stereocenters. The highest BCUT2D eigenvalue weighted by Crippen LogP contribution is 2.48. The van der Waals surface area contributed by atoms with Crippen molar-refractivity contribution < 1.29 is 14.7 Å². The zero-order chi connectivity index (χ0) is 23.5. The summed E-state index contributed by atoms with van der Waals surface area (Å²) in [6.07, 6.45) is 6.75. The van der Waals surface area contributed by atoms with E-state index < -0.39 is 5.97 Å². The van der Waals surface area contributed by atoms with Crippen molar-refractivity contribution in [2.75, 3.05) is 0 Å². The van der Waals surface area contributed by atoms with E-state index in [4.69, 9.17) is 5.11 Å². The maximum atomic E-state index is 12.8. The first-order valence-electron chi connectivity index (χ1n) is 12.3. The van der Waals surface area contributed by atoms with Gasteiger partial charge in [0.1, 0.15) is 10.0 Å². The SMILES string of the molecule is O=C(O)CC1CCC(c2ccc(C(=O)Cc3nnc(C4CC(c5ccccc5)C4)s3)cc2)CC1. The molecule has 3 aromatic rings. The van der Waals surface area contributed by atoms with Crippen LogP contribution in [0, 0.1) is 5.92 Å². The highest BCUT2D eigenvalue weighted by Gasteiger charge is 2.34. The summed E-state index contributed by atoms with van der Waals surface area (Å²) in [5.41, 5.74) is 3.37. The molecule has 0 aliphatic heterocycles. The lowest BCUT2D eigenvalue weighted by Crippen LogP contribution is -2.19. The minimum atomic E-state index is -0.696. The summed E-state index contributed by atoms with van der Waals surface area (Å²) < 4.78 is 0. The Bertz CT molecular complexity index is 1130. The number of hydrogen-bond acceptors (Lipinski definition) is 5. The minimum absolute atomic E-state index is 0.0789. The van der Waals surface area contributed by atoms with Crippen molar-refractivity contribution in [3.05, 3.63) is 81.3 Å². The highest BCUT2D eigenvalue weighted by molar-refractivity contribution is 7.11. The summed E-state index contributed by atoms with van der Waals surface area (Å²) in [4.78, 5) is 23.8. The molecule has 1 heterocycles. The number of carbonyl (C=O) groups is 2. The van der Waals surface area contributed by atoms with Gasteiger partial charge in [0, 0.05) is 17.9 Å². The van der Waals surface area contributed by atoms with Gasteiger partial charge in [-0.3, -0.25) is 9.59 Å². The van der Waals surface area contributed by atoms with Gasteiger partial charge in [0.25, 0.3) is 0 Å². The summed E-state index contributed by atoms with van der Waals surface area (Å²) in [5, 5.41) is 19.5. The molecule has 2 saturated carbocycles. The second-order valence-electron chi connectivity index (χ2n) is 9.85. The number of Topliss-reactive ketones (excluding diaryl/α,β-unsaturated/α-hetero) is 1. The number of aromatic nitrogens is 2. The van der Waals surface area contributed by atoms with Crippen LogP contribution in [0.3, 0.4) is 0 Å². The smallest absolute Gasteiger partial charge is 0.303 e. The number of aliphatic carboxylic acids is 1. The standard InChI is InChI=1S/C28H30N2O3S/c31-25(22-12-10-21(11-13-22)20-8-6-18(7-9-20)14-27(32)33)17-26-29-30-28(34-26)24-15-23(16-24)19-4-2-1-3-5-19/h1-5,10-13,18,20,23-24H,6-9,14-17H2,(H,32,33). The van der Waals surface area contributed by atoms with Crippen LogP contribution in [0.5, 0.6) is 0 Å². The van der Waals surface area contributed by atoms with E-state index in [0.717, 1.165) is 48.5 Å². The Morgan fingerprint density at radius 2 is 1.50 bits per heavy atom. The van der Waals surface area contributed by atoms with E-state index in [0.29, 0.717) is 35.7 Å². The lowest BCUT2D eigenvalue weighted by molar-refractivity contribution is -0.138. The van der Waals surface area contributed by atoms with Crippen molar-refractivity contribution in [1.29, 1.82) is 0 Å². The average molecular weight is 475 g/mol. The van der Waals surface area contributed by atoms with E-state index in [-0.39, 0.29) is 12.2 Å². The molecule has 2 fully saturated rings. The molecule has 0 spiro atoms. The molecule has 0 bridgehead atoms. The van der Waals surface area contributed by atoms with Gasteiger partial charge in [-0.25, -0.2) is 0 Å². The fraction of sp³-hybridized carbons (Fsp3) is 0.429. The molecule has 0 unspecified atom stereocenters. The molecule has 5 nitrogen and oxygen atoms in total. The Morgan fingerprint density at radius 1 is 0.824 bits per heavy atom. The molecule has 2 aliphatic rings. The number of nitrogens with zero attached hydrogens (tertiary/aromatic N) is 2. The lowest BCUT2D eigenvalue weighted by Gasteiger charge is -2.34. The highest BCUT2D eigenvalue weighted by atomic mass is 32.1. The summed E-state index contributed by atoms with van der Waals surface area (Å²) in [6, 6.07) is 18.6. The summed E-state index contributed by atoms with van der Waals surface area (Å²) >= 11 is 1.58. The average Bonchev–Trinajstić information content (AvgIpc) is 3.27. The summed E-state index contributed by atoms with van der Waals surface area (Å²) in [5.74, 6) is 1.20. The molecule has 0 amide bonds. The molecule has 2 aromatic carbocycles. The third-order valence-electron chi connectivity index (χ3n) is 7.57. The number of benzene rings is 2. The van der Waals surface area contributed by atoms with E-state index in [1.807, 2.05) is 12.1 Å². The van der Waals surface area contributed by atoms with Crippen LogP contribution in [0.15, 0.2) is 54.6 Å². The maximum absolute atomic E-state index is 12.8. The Balaban J connectivity index is 1.12. The first-order chi connectivity index (χ1) is 16.5. The second-order valence-corrected chi connectivity index (χ2v) is 10.9.